The topological polar surface area (TPSA) is 52.7 Å². The minimum absolute atomic E-state index is 0.0188. The maximum Gasteiger partial charge on any atom is 0.247 e. The van der Waals surface area contributed by atoms with Gasteiger partial charge in [-0.15, -0.1) is 11.8 Å². The second-order valence-corrected chi connectivity index (χ2v) is 6.88. The van der Waals surface area contributed by atoms with Crippen molar-refractivity contribution in [1.29, 1.82) is 0 Å². The normalized spacial score (nSPS) is 22.4. The van der Waals surface area contributed by atoms with E-state index < -0.39 is 0 Å². The summed E-state index contributed by atoms with van der Waals surface area (Å²) in [7, 11) is 0. The van der Waals surface area contributed by atoms with E-state index in [1.165, 1.54) is 12.8 Å². The highest BCUT2D eigenvalue weighted by molar-refractivity contribution is 7.99. The molecule has 0 aromatic rings. The molecule has 6 heteroatoms. The quantitative estimate of drug-likeness (QED) is 0.772. The number of amides is 2. The highest BCUT2D eigenvalue weighted by Crippen LogP contribution is 2.21. The van der Waals surface area contributed by atoms with Gasteiger partial charge in [0.25, 0.3) is 0 Å². The Balaban J connectivity index is 1.79. The molecule has 2 amide bonds. The fraction of sp³-hybridized carbons (Fsp3) is 0.733. The fourth-order valence-corrected chi connectivity index (χ4v) is 3.83. The zero-order valence-corrected chi connectivity index (χ0v) is 13.7. The third-order valence-corrected chi connectivity index (χ3v) is 4.82. The van der Waals surface area contributed by atoms with Gasteiger partial charge in [-0.3, -0.25) is 9.59 Å². The Morgan fingerprint density at radius 3 is 2.67 bits per heavy atom. The van der Waals surface area contributed by atoms with E-state index >= 15 is 0 Å². The van der Waals surface area contributed by atoms with Crippen molar-refractivity contribution >= 4 is 23.6 Å². The van der Waals surface area contributed by atoms with Crippen LogP contribution in [-0.4, -0.2) is 65.5 Å². The lowest BCUT2D eigenvalue weighted by molar-refractivity contribution is -0.134. The van der Waals surface area contributed by atoms with E-state index in [0.717, 1.165) is 25.2 Å². The van der Waals surface area contributed by atoms with Gasteiger partial charge in [-0.25, -0.2) is 0 Å². The Bertz CT molecular complexity index is 415. The highest BCUT2D eigenvalue weighted by atomic mass is 32.2. The third kappa shape index (κ3) is 4.74. The first-order chi connectivity index (χ1) is 10.1. The summed E-state index contributed by atoms with van der Waals surface area (Å²) in [5.74, 6) is 1.22. The van der Waals surface area contributed by atoms with Crippen LogP contribution in [0.1, 0.15) is 26.7 Å². The van der Waals surface area contributed by atoms with E-state index in [9.17, 15) is 9.59 Å². The second kappa shape index (κ2) is 7.84. The van der Waals surface area contributed by atoms with Crippen molar-refractivity contribution in [2.45, 2.75) is 32.7 Å². The molecule has 2 fully saturated rings. The molecule has 2 aliphatic heterocycles. The van der Waals surface area contributed by atoms with Crippen molar-refractivity contribution in [3.63, 3.8) is 0 Å². The summed E-state index contributed by atoms with van der Waals surface area (Å²) in [5, 5.41) is 2.98. The molecule has 1 N–H and O–H groups in total. The zero-order valence-electron chi connectivity index (χ0n) is 12.9. The molecule has 0 aromatic carbocycles. The number of allylic oxidation sites excluding steroid dienone is 1. The summed E-state index contributed by atoms with van der Waals surface area (Å²) < 4.78 is 0. The Morgan fingerprint density at radius 2 is 2.00 bits per heavy atom. The number of nitrogens with zero attached hydrogens (tertiary/aromatic N) is 2. The molecule has 2 rings (SSSR count). The summed E-state index contributed by atoms with van der Waals surface area (Å²) in [6.45, 7) is 7.65. The van der Waals surface area contributed by atoms with Crippen LogP contribution in [0.2, 0.25) is 0 Å². The Kier molecular flexibility index (Phi) is 6.11. The van der Waals surface area contributed by atoms with Crippen LogP contribution in [0.4, 0.5) is 0 Å². The van der Waals surface area contributed by atoms with E-state index in [0.29, 0.717) is 18.2 Å². The van der Waals surface area contributed by atoms with Crippen LogP contribution in [0.5, 0.6) is 0 Å². The van der Waals surface area contributed by atoms with Crippen LogP contribution in [0.3, 0.4) is 0 Å². The van der Waals surface area contributed by atoms with Crippen molar-refractivity contribution in [2.24, 2.45) is 0 Å². The molecule has 0 spiro atoms. The molecule has 2 aliphatic rings. The lowest BCUT2D eigenvalue weighted by Gasteiger charge is -2.22. The van der Waals surface area contributed by atoms with E-state index in [1.807, 2.05) is 13.8 Å². The first-order valence-corrected chi connectivity index (χ1v) is 8.76. The third-order valence-electron chi connectivity index (χ3n) is 3.81. The maximum absolute atomic E-state index is 12.3. The van der Waals surface area contributed by atoms with Gasteiger partial charge in [-0.05, 0) is 39.8 Å². The van der Waals surface area contributed by atoms with Gasteiger partial charge in [0.15, 0.2) is 0 Å². The van der Waals surface area contributed by atoms with E-state index in [4.69, 9.17) is 0 Å². The van der Waals surface area contributed by atoms with Crippen LogP contribution < -0.4 is 5.32 Å². The van der Waals surface area contributed by atoms with Crippen molar-refractivity contribution in [3.05, 3.63) is 11.6 Å². The molecule has 5 nitrogen and oxygen atoms in total. The van der Waals surface area contributed by atoms with Crippen molar-refractivity contribution in [1.82, 2.24) is 15.1 Å². The number of thioether (sulfide) groups is 1. The van der Waals surface area contributed by atoms with Gasteiger partial charge in [0.05, 0.1) is 5.88 Å². The average molecular weight is 311 g/mol. The predicted octanol–water partition coefficient (Wildman–Crippen LogP) is 1.07. The fourth-order valence-electron chi connectivity index (χ4n) is 2.67. The largest absolute Gasteiger partial charge is 0.353 e. The van der Waals surface area contributed by atoms with Gasteiger partial charge in [-0.1, -0.05) is 5.57 Å². The smallest absolute Gasteiger partial charge is 0.247 e. The molecule has 1 atom stereocenters. The number of likely N-dealkylation sites (tertiary alicyclic amines) is 1. The summed E-state index contributed by atoms with van der Waals surface area (Å²) in [4.78, 5) is 28.4. The van der Waals surface area contributed by atoms with Gasteiger partial charge < -0.3 is 15.1 Å². The molecule has 0 aliphatic carbocycles. The number of carbonyl (C=O) groups is 2. The van der Waals surface area contributed by atoms with Crippen molar-refractivity contribution < 1.29 is 9.59 Å². The zero-order chi connectivity index (χ0) is 15.2. The number of hydrogen-bond acceptors (Lipinski definition) is 4. The molecular formula is C15H25N3O2S. The molecule has 2 heterocycles. The van der Waals surface area contributed by atoms with Crippen LogP contribution in [0.15, 0.2) is 11.6 Å². The van der Waals surface area contributed by atoms with E-state index in [1.54, 1.807) is 22.7 Å². The number of carbonyl (C=O) groups excluding carboxylic acids is 2. The minimum atomic E-state index is -0.323. The molecule has 0 radical (unpaired) electrons. The first-order valence-electron chi connectivity index (χ1n) is 7.61. The molecule has 0 aromatic heterocycles. The monoisotopic (exact) mass is 311 g/mol. The van der Waals surface area contributed by atoms with Crippen LogP contribution in [-0.2, 0) is 9.59 Å². The highest BCUT2D eigenvalue weighted by Gasteiger charge is 2.33. The van der Waals surface area contributed by atoms with Crippen molar-refractivity contribution in [2.75, 3.05) is 37.8 Å². The van der Waals surface area contributed by atoms with E-state index in [2.05, 4.69) is 10.2 Å². The molecule has 1 unspecified atom stereocenters. The number of hydrogen-bond donors (Lipinski definition) is 1. The molecular weight excluding hydrogens is 286 g/mol. The first kappa shape index (κ1) is 16.4. The molecule has 21 heavy (non-hydrogen) atoms. The number of nitrogens with one attached hydrogen (secondary N) is 1. The standard InChI is InChI=1S/C15H25N3O2S/c1-12(2)9-14(19)18-11-21-10-13(18)15(20)16-5-8-17-6-3-4-7-17/h9,13H,3-8,10-11H2,1-2H3,(H,16,20). The van der Waals surface area contributed by atoms with Gasteiger partial charge in [0, 0.05) is 24.9 Å². The Labute approximate surface area is 131 Å². The summed E-state index contributed by atoms with van der Waals surface area (Å²) in [5.41, 5.74) is 0.963. The van der Waals surface area contributed by atoms with Crippen molar-refractivity contribution in [3.8, 4) is 0 Å². The van der Waals surface area contributed by atoms with Gasteiger partial charge in [0.2, 0.25) is 11.8 Å². The summed E-state index contributed by atoms with van der Waals surface area (Å²) in [6.07, 6.45) is 4.13. The van der Waals surface area contributed by atoms with Crippen LogP contribution >= 0.6 is 11.8 Å². The molecule has 2 saturated heterocycles. The Hall–Kier alpha value is -1.01. The lowest BCUT2D eigenvalue weighted by Crippen LogP contribution is -2.48. The summed E-state index contributed by atoms with van der Waals surface area (Å²) >= 11 is 1.64. The lowest BCUT2D eigenvalue weighted by atomic mass is 10.2. The minimum Gasteiger partial charge on any atom is -0.353 e. The SMILES string of the molecule is CC(C)=CC(=O)N1CSCC1C(=O)NCCN1CCCC1. The van der Waals surface area contributed by atoms with Gasteiger partial charge >= 0.3 is 0 Å². The maximum atomic E-state index is 12.3. The summed E-state index contributed by atoms with van der Waals surface area (Å²) in [6, 6.07) is -0.323. The van der Waals surface area contributed by atoms with E-state index in [-0.39, 0.29) is 17.9 Å². The molecule has 0 bridgehead atoms. The second-order valence-electron chi connectivity index (χ2n) is 5.89. The number of rotatable bonds is 5. The molecule has 118 valence electrons. The average Bonchev–Trinajstić information content (AvgIpc) is 3.08. The van der Waals surface area contributed by atoms with Crippen LogP contribution in [0.25, 0.3) is 0 Å². The predicted molar refractivity (Wildman–Crippen MR) is 86.1 cm³/mol. The Morgan fingerprint density at radius 1 is 1.29 bits per heavy atom. The van der Waals surface area contributed by atoms with Gasteiger partial charge in [0.1, 0.15) is 6.04 Å². The molecule has 0 saturated carbocycles. The van der Waals surface area contributed by atoms with Crippen LogP contribution in [0, 0.1) is 0 Å². The van der Waals surface area contributed by atoms with Gasteiger partial charge in [-0.2, -0.15) is 0 Å².